The SMILES string of the molecule is Cc1nn(CCO)c(C)c1CN[C@H]1CCCN(c2ncccn2)C1. The van der Waals surface area contributed by atoms with Crippen molar-refractivity contribution in [3.8, 4) is 0 Å². The predicted octanol–water partition coefficient (Wildman–Crippen LogP) is 1.04. The lowest BCUT2D eigenvalue weighted by Gasteiger charge is -2.33. The molecule has 0 aliphatic carbocycles. The van der Waals surface area contributed by atoms with E-state index in [9.17, 15) is 0 Å². The average molecular weight is 330 g/mol. The van der Waals surface area contributed by atoms with E-state index in [4.69, 9.17) is 5.11 Å². The monoisotopic (exact) mass is 330 g/mol. The van der Waals surface area contributed by atoms with Gasteiger partial charge in [-0.25, -0.2) is 9.97 Å². The topological polar surface area (TPSA) is 79.1 Å². The molecule has 7 nitrogen and oxygen atoms in total. The number of hydrogen-bond donors (Lipinski definition) is 2. The fourth-order valence-electron chi connectivity index (χ4n) is 3.33. The van der Waals surface area contributed by atoms with Crippen LogP contribution in [0.25, 0.3) is 0 Å². The molecule has 2 aromatic rings. The molecule has 3 rings (SSSR count). The van der Waals surface area contributed by atoms with Crippen LogP contribution in [-0.2, 0) is 13.1 Å². The van der Waals surface area contributed by atoms with Crippen LogP contribution in [0.3, 0.4) is 0 Å². The number of aromatic nitrogens is 4. The molecule has 7 heteroatoms. The van der Waals surface area contributed by atoms with Crippen molar-refractivity contribution in [3.05, 3.63) is 35.4 Å². The summed E-state index contributed by atoms with van der Waals surface area (Å²) in [5, 5.41) is 17.3. The largest absolute Gasteiger partial charge is 0.394 e. The summed E-state index contributed by atoms with van der Waals surface area (Å²) in [6.45, 7) is 7.50. The number of nitrogens with one attached hydrogen (secondary N) is 1. The van der Waals surface area contributed by atoms with E-state index in [-0.39, 0.29) is 6.61 Å². The van der Waals surface area contributed by atoms with Crippen molar-refractivity contribution in [1.82, 2.24) is 25.1 Å². The molecule has 0 bridgehead atoms. The van der Waals surface area contributed by atoms with E-state index in [1.165, 1.54) is 5.56 Å². The summed E-state index contributed by atoms with van der Waals surface area (Å²) in [6.07, 6.45) is 5.88. The van der Waals surface area contributed by atoms with Gasteiger partial charge in [0.05, 0.1) is 18.8 Å². The average Bonchev–Trinajstić information content (AvgIpc) is 2.88. The van der Waals surface area contributed by atoms with Crippen LogP contribution in [0.2, 0.25) is 0 Å². The Morgan fingerprint density at radius 3 is 2.83 bits per heavy atom. The van der Waals surface area contributed by atoms with Crippen molar-refractivity contribution < 1.29 is 5.11 Å². The van der Waals surface area contributed by atoms with Gasteiger partial charge in [-0.15, -0.1) is 0 Å². The highest BCUT2D eigenvalue weighted by atomic mass is 16.3. The summed E-state index contributed by atoms with van der Waals surface area (Å²) in [7, 11) is 0. The number of rotatable bonds is 6. The van der Waals surface area contributed by atoms with Crippen molar-refractivity contribution in [2.24, 2.45) is 0 Å². The maximum Gasteiger partial charge on any atom is 0.225 e. The van der Waals surface area contributed by atoms with Gasteiger partial charge in [-0.05, 0) is 32.8 Å². The molecule has 0 unspecified atom stereocenters. The summed E-state index contributed by atoms with van der Waals surface area (Å²) >= 11 is 0. The molecule has 24 heavy (non-hydrogen) atoms. The molecular formula is C17H26N6O. The van der Waals surface area contributed by atoms with Crippen LogP contribution < -0.4 is 10.2 Å². The normalized spacial score (nSPS) is 18.1. The second-order valence-corrected chi connectivity index (χ2v) is 6.31. The third-order valence-corrected chi connectivity index (χ3v) is 4.67. The summed E-state index contributed by atoms with van der Waals surface area (Å²) < 4.78 is 1.89. The number of aliphatic hydroxyl groups is 1. The van der Waals surface area contributed by atoms with Gasteiger partial charge in [0.2, 0.25) is 5.95 Å². The smallest absolute Gasteiger partial charge is 0.225 e. The van der Waals surface area contributed by atoms with Crippen LogP contribution >= 0.6 is 0 Å². The minimum Gasteiger partial charge on any atom is -0.394 e. The Balaban J connectivity index is 1.61. The molecule has 2 N–H and O–H groups in total. The maximum atomic E-state index is 9.12. The summed E-state index contributed by atoms with van der Waals surface area (Å²) in [5.41, 5.74) is 3.40. The Morgan fingerprint density at radius 2 is 2.08 bits per heavy atom. The highest BCUT2D eigenvalue weighted by Gasteiger charge is 2.22. The predicted molar refractivity (Wildman–Crippen MR) is 92.9 cm³/mol. The van der Waals surface area contributed by atoms with Crippen LogP contribution in [0.15, 0.2) is 18.5 Å². The van der Waals surface area contributed by atoms with Crippen LogP contribution in [0.4, 0.5) is 5.95 Å². The van der Waals surface area contributed by atoms with Gasteiger partial charge in [0.15, 0.2) is 0 Å². The third-order valence-electron chi connectivity index (χ3n) is 4.67. The van der Waals surface area contributed by atoms with Gasteiger partial charge < -0.3 is 15.3 Å². The zero-order valence-electron chi connectivity index (χ0n) is 14.4. The first-order chi connectivity index (χ1) is 11.7. The standard InChI is InChI=1S/C17H26N6O/c1-13-16(14(2)23(21-13)9-10-24)11-20-15-5-3-8-22(12-15)17-18-6-4-7-19-17/h4,6-7,15,20,24H,3,5,8-12H2,1-2H3/t15-/m0/s1. The third kappa shape index (κ3) is 3.73. The molecule has 1 atom stereocenters. The second kappa shape index (κ2) is 7.72. The van der Waals surface area contributed by atoms with Crippen molar-refractivity contribution in [3.63, 3.8) is 0 Å². The van der Waals surface area contributed by atoms with Gasteiger partial charge in [0.1, 0.15) is 0 Å². The van der Waals surface area contributed by atoms with Crippen LogP contribution in [-0.4, -0.2) is 50.6 Å². The Labute approximate surface area is 142 Å². The molecule has 0 amide bonds. The molecule has 0 radical (unpaired) electrons. The van der Waals surface area contributed by atoms with Gasteiger partial charge in [0.25, 0.3) is 0 Å². The van der Waals surface area contributed by atoms with E-state index in [1.807, 2.05) is 17.7 Å². The number of aryl methyl sites for hydroxylation is 1. The molecular weight excluding hydrogens is 304 g/mol. The quantitative estimate of drug-likeness (QED) is 0.824. The lowest BCUT2D eigenvalue weighted by atomic mass is 10.1. The maximum absolute atomic E-state index is 9.12. The lowest BCUT2D eigenvalue weighted by Crippen LogP contribution is -2.46. The van der Waals surface area contributed by atoms with Gasteiger partial charge in [-0.1, -0.05) is 0 Å². The van der Waals surface area contributed by atoms with Crippen LogP contribution in [0.5, 0.6) is 0 Å². The minimum absolute atomic E-state index is 0.115. The molecule has 130 valence electrons. The van der Waals surface area contributed by atoms with Crippen LogP contribution in [0.1, 0.15) is 29.8 Å². The van der Waals surface area contributed by atoms with E-state index in [0.29, 0.717) is 12.6 Å². The fourth-order valence-corrected chi connectivity index (χ4v) is 3.33. The first-order valence-corrected chi connectivity index (χ1v) is 8.58. The molecule has 1 saturated heterocycles. The van der Waals surface area contributed by atoms with E-state index < -0.39 is 0 Å². The zero-order valence-corrected chi connectivity index (χ0v) is 14.4. The Bertz CT molecular complexity index is 657. The molecule has 0 aromatic carbocycles. The Hall–Kier alpha value is -1.99. The number of hydrogen-bond acceptors (Lipinski definition) is 6. The Kier molecular flexibility index (Phi) is 5.42. The molecule has 0 spiro atoms. The summed E-state index contributed by atoms with van der Waals surface area (Å²) in [4.78, 5) is 11.0. The van der Waals surface area contributed by atoms with E-state index >= 15 is 0 Å². The second-order valence-electron chi connectivity index (χ2n) is 6.31. The summed E-state index contributed by atoms with van der Waals surface area (Å²) in [6, 6.07) is 2.27. The van der Waals surface area contributed by atoms with Crippen molar-refractivity contribution in [2.45, 2.75) is 45.8 Å². The first kappa shape index (κ1) is 16.9. The fraction of sp³-hybridized carbons (Fsp3) is 0.588. The molecule has 2 aromatic heterocycles. The van der Waals surface area contributed by atoms with E-state index in [1.54, 1.807) is 12.4 Å². The number of nitrogens with zero attached hydrogens (tertiary/aromatic N) is 5. The van der Waals surface area contributed by atoms with Crippen molar-refractivity contribution in [1.29, 1.82) is 0 Å². The first-order valence-electron chi connectivity index (χ1n) is 8.58. The minimum atomic E-state index is 0.115. The highest BCUT2D eigenvalue weighted by molar-refractivity contribution is 5.30. The van der Waals surface area contributed by atoms with E-state index in [2.05, 4.69) is 32.2 Å². The van der Waals surface area contributed by atoms with Gasteiger partial charge in [-0.3, -0.25) is 4.68 Å². The van der Waals surface area contributed by atoms with Gasteiger partial charge >= 0.3 is 0 Å². The number of aliphatic hydroxyl groups excluding tert-OH is 1. The lowest BCUT2D eigenvalue weighted by molar-refractivity contribution is 0.267. The molecule has 1 fully saturated rings. The summed E-state index contributed by atoms with van der Waals surface area (Å²) in [5.74, 6) is 0.812. The molecule has 1 aliphatic rings. The molecule has 3 heterocycles. The Morgan fingerprint density at radius 1 is 1.29 bits per heavy atom. The number of anilines is 1. The van der Waals surface area contributed by atoms with Gasteiger partial charge in [-0.2, -0.15) is 5.10 Å². The zero-order chi connectivity index (χ0) is 16.9. The number of piperidine rings is 1. The highest BCUT2D eigenvalue weighted by Crippen LogP contribution is 2.17. The van der Waals surface area contributed by atoms with E-state index in [0.717, 1.165) is 49.8 Å². The molecule has 1 aliphatic heterocycles. The van der Waals surface area contributed by atoms with Gasteiger partial charge in [0, 0.05) is 49.3 Å². The van der Waals surface area contributed by atoms with Crippen LogP contribution in [0, 0.1) is 13.8 Å². The van der Waals surface area contributed by atoms with Crippen molar-refractivity contribution >= 4 is 5.95 Å². The molecule has 0 saturated carbocycles. The van der Waals surface area contributed by atoms with Crippen molar-refractivity contribution in [2.75, 3.05) is 24.6 Å².